The van der Waals surface area contributed by atoms with Gasteiger partial charge in [0.05, 0.1) is 0 Å². The summed E-state index contributed by atoms with van der Waals surface area (Å²) in [6.45, 7) is 5.78. The fraction of sp³-hybridized carbons (Fsp3) is 0.529. The predicted molar refractivity (Wildman–Crippen MR) is 94.1 cm³/mol. The van der Waals surface area contributed by atoms with Gasteiger partial charge in [-0.25, -0.2) is 4.39 Å². The number of halogens is 2. The van der Waals surface area contributed by atoms with Crippen molar-refractivity contribution in [2.45, 2.75) is 19.3 Å². The number of hydrogen-bond acceptors (Lipinski definition) is 4. The third kappa shape index (κ3) is 7.38. The lowest BCUT2D eigenvalue weighted by atomic mass is 10.1. The number of piperazine rings is 1. The van der Waals surface area contributed by atoms with Crippen molar-refractivity contribution in [2.75, 3.05) is 39.3 Å². The van der Waals surface area contributed by atoms with E-state index in [1.165, 1.54) is 24.3 Å². The second kappa shape index (κ2) is 11.1. The molecular formula is C17H25ClFN3O2. The highest BCUT2D eigenvalue weighted by atomic mass is 35.5. The van der Waals surface area contributed by atoms with Crippen LogP contribution in [0.4, 0.5) is 4.39 Å². The molecule has 1 heterocycles. The Kier molecular flexibility index (Phi) is 9.52. The molecule has 1 amide bonds. The van der Waals surface area contributed by atoms with Crippen LogP contribution in [0.15, 0.2) is 24.3 Å². The van der Waals surface area contributed by atoms with Crippen LogP contribution in [0, 0.1) is 5.82 Å². The second-order valence-electron chi connectivity index (χ2n) is 5.73. The number of nitrogens with zero attached hydrogens (tertiary/aromatic N) is 1. The summed E-state index contributed by atoms with van der Waals surface area (Å²) in [5.41, 5.74) is 0.443. The molecule has 1 aliphatic rings. The minimum Gasteiger partial charge on any atom is -0.356 e. The van der Waals surface area contributed by atoms with Gasteiger partial charge in [0, 0.05) is 51.1 Å². The van der Waals surface area contributed by atoms with Crippen molar-refractivity contribution >= 4 is 24.1 Å². The van der Waals surface area contributed by atoms with Gasteiger partial charge in [-0.05, 0) is 37.2 Å². The van der Waals surface area contributed by atoms with E-state index in [0.29, 0.717) is 12.1 Å². The predicted octanol–water partition coefficient (Wildman–Crippen LogP) is 1.62. The van der Waals surface area contributed by atoms with Crippen molar-refractivity contribution in [3.8, 4) is 0 Å². The first-order valence-corrected chi connectivity index (χ1v) is 8.14. The maximum atomic E-state index is 12.8. The lowest BCUT2D eigenvalue weighted by molar-refractivity contribution is -0.121. The van der Waals surface area contributed by atoms with E-state index in [4.69, 9.17) is 0 Å². The number of hydrogen-bond donors (Lipinski definition) is 2. The Bertz CT molecular complexity index is 519. The Morgan fingerprint density at radius 2 is 1.79 bits per heavy atom. The molecule has 1 aromatic rings. The van der Waals surface area contributed by atoms with E-state index in [0.717, 1.165) is 39.1 Å². The van der Waals surface area contributed by atoms with Gasteiger partial charge in [-0.2, -0.15) is 0 Å². The first kappa shape index (κ1) is 20.5. The Labute approximate surface area is 148 Å². The molecule has 1 saturated heterocycles. The summed E-state index contributed by atoms with van der Waals surface area (Å²) in [5.74, 6) is -0.620. The molecule has 5 nitrogen and oxygen atoms in total. The van der Waals surface area contributed by atoms with E-state index in [9.17, 15) is 14.0 Å². The number of amides is 1. The SMILES string of the molecule is Cl.O=C(CCC(=O)c1ccc(F)cc1)NCCCN1CCNCC1. The molecule has 7 heteroatoms. The number of carbonyl (C=O) groups excluding carboxylic acids is 2. The average Bonchev–Trinajstić information content (AvgIpc) is 2.58. The number of carbonyl (C=O) groups is 2. The molecule has 0 spiro atoms. The van der Waals surface area contributed by atoms with Crippen LogP contribution in [0.5, 0.6) is 0 Å². The molecular weight excluding hydrogens is 333 g/mol. The smallest absolute Gasteiger partial charge is 0.220 e. The van der Waals surface area contributed by atoms with Crippen LogP contribution in [0.2, 0.25) is 0 Å². The molecule has 0 atom stereocenters. The van der Waals surface area contributed by atoms with Crippen molar-refractivity contribution in [1.82, 2.24) is 15.5 Å². The fourth-order valence-corrected chi connectivity index (χ4v) is 2.56. The lowest BCUT2D eigenvalue weighted by Gasteiger charge is -2.27. The highest BCUT2D eigenvalue weighted by Gasteiger charge is 2.10. The summed E-state index contributed by atoms with van der Waals surface area (Å²) in [5, 5.41) is 6.15. The zero-order chi connectivity index (χ0) is 16.5. The van der Waals surface area contributed by atoms with E-state index < -0.39 is 0 Å². The number of ketones is 1. The van der Waals surface area contributed by atoms with Crippen molar-refractivity contribution in [3.05, 3.63) is 35.6 Å². The normalized spacial score (nSPS) is 14.7. The zero-order valence-electron chi connectivity index (χ0n) is 13.7. The number of rotatable bonds is 8. The molecule has 0 aromatic heterocycles. The van der Waals surface area contributed by atoms with E-state index in [2.05, 4.69) is 15.5 Å². The molecule has 1 fully saturated rings. The first-order valence-electron chi connectivity index (χ1n) is 8.14. The van der Waals surface area contributed by atoms with Crippen LogP contribution in [0.1, 0.15) is 29.6 Å². The summed E-state index contributed by atoms with van der Waals surface area (Å²) in [7, 11) is 0. The molecule has 0 unspecified atom stereocenters. The molecule has 134 valence electrons. The standard InChI is InChI=1S/C17H24FN3O2.ClH/c18-15-4-2-14(3-5-15)16(22)6-7-17(23)20-8-1-11-21-12-9-19-10-13-21;/h2-5,19H,1,6-13H2,(H,20,23);1H. The summed E-state index contributed by atoms with van der Waals surface area (Å²) < 4.78 is 12.8. The molecule has 1 aromatic carbocycles. The Balaban J connectivity index is 0.00000288. The van der Waals surface area contributed by atoms with Gasteiger partial charge in [-0.15, -0.1) is 12.4 Å². The Morgan fingerprint density at radius 1 is 1.12 bits per heavy atom. The van der Waals surface area contributed by atoms with Gasteiger partial charge in [0.2, 0.25) is 5.91 Å². The molecule has 0 saturated carbocycles. The highest BCUT2D eigenvalue weighted by Crippen LogP contribution is 2.07. The van der Waals surface area contributed by atoms with Crippen molar-refractivity contribution in [3.63, 3.8) is 0 Å². The number of benzene rings is 1. The maximum Gasteiger partial charge on any atom is 0.220 e. The van der Waals surface area contributed by atoms with Crippen LogP contribution in [0.3, 0.4) is 0 Å². The molecule has 2 N–H and O–H groups in total. The highest BCUT2D eigenvalue weighted by molar-refractivity contribution is 5.97. The lowest BCUT2D eigenvalue weighted by Crippen LogP contribution is -2.44. The second-order valence-corrected chi connectivity index (χ2v) is 5.73. The minimum atomic E-state index is -0.372. The molecule has 0 aliphatic carbocycles. The topological polar surface area (TPSA) is 61.4 Å². The molecule has 1 aliphatic heterocycles. The Hall–Kier alpha value is -1.50. The van der Waals surface area contributed by atoms with E-state index in [1.54, 1.807) is 0 Å². The first-order chi connectivity index (χ1) is 11.1. The van der Waals surface area contributed by atoms with E-state index in [-0.39, 0.29) is 42.8 Å². The monoisotopic (exact) mass is 357 g/mol. The number of nitrogens with one attached hydrogen (secondary N) is 2. The minimum absolute atomic E-state index is 0. The van der Waals surface area contributed by atoms with Gasteiger partial charge in [0.1, 0.15) is 5.82 Å². The van der Waals surface area contributed by atoms with Gasteiger partial charge in [-0.3, -0.25) is 9.59 Å². The van der Waals surface area contributed by atoms with Crippen molar-refractivity contribution < 1.29 is 14.0 Å². The average molecular weight is 358 g/mol. The van der Waals surface area contributed by atoms with Crippen molar-refractivity contribution in [1.29, 1.82) is 0 Å². The summed E-state index contributed by atoms with van der Waals surface area (Å²) in [6.07, 6.45) is 1.23. The Morgan fingerprint density at radius 3 is 2.46 bits per heavy atom. The molecule has 2 rings (SSSR count). The number of Topliss-reactive ketones (excluding diaryl/α,β-unsaturated/α-hetero) is 1. The van der Waals surface area contributed by atoms with Gasteiger partial charge in [0.15, 0.2) is 5.78 Å². The largest absolute Gasteiger partial charge is 0.356 e. The fourth-order valence-electron chi connectivity index (χ4n) is 2.56. The van der Waals surface area contributed by atoms with Crippen LogP contribution in [0.25, 0.3) is 0 Å². The molecule has 24 heavy (non-hydrogen) atoms. The van der Waals surface area contributed by atoms with Crippen LogP contribution >= 0.6 is 12.4 Å². The van der Waals surface area contributed by atoms with Gasteiger partial charge < -0.3 is 15.5 Å². The van der Waals surface area contributed by atoms with Gasteiger partial charge >= 0.3 is 0 Å². The van der Waals surface area contributed by atoms with Crippen LogP contribution in [-0.4, -0.2) is 55.9 Å². The third-order valence-electron chi connectivity index (χ3n) is 3.93. The van der Waals surface area contributed by atoms with Crippen LogP contribution in [-0.2, 0) is 4.79 Å². The van der Waals surface area contributed by atoms with E-state index in [1.807, 2.05) is 0 Å². The maximum absolute atomic E-state index is 12.8. The zero-order valence-corrected chi connectivity index (χ0v) is 14.5. The summed E-state index contributed by atoms with van der Waals surface area (Å²) in [6, 6.07) is 5.40. The van der Waals surface area contributed by atoms with Crippen molar-refractivity contribution in [2.24, 2.45) is 0 Å². The molecule has 0 bridgehead atoms. The quantitative estimate of drug-likeness (QED) is 0.548. The van der Waals surface area contributed by atoms with Gasteiger partial charge in [0.25, 0.3) is 0 Å². The van der Waals surface area contributed by atoms with Crippen LogP contribution < -0.4 is 10.6 Å². The summed E-state index contributed by atoms with van der Waals surface area (Å²) >= 11 is 0. The summed E-state index contributed by atoms with van der Waals surface area (Å²) in [4.78, 5) is 26.0. The van der Waals surface area contributed by atoms with E-state index >= 15 is 0 Å². The third-order valence-corrected chi connectivity index (χ3v) is 3.93. The van der Waals surface area contributed by atoms with Gasteiger partial charge in [-0.1, -0.05) is 0 Å². The molecule has 0 radical (unpaired) electrons.